The highest BCUT2D eigenvalue weighted by Crippen LogP contribution is 2.07. The molecule has 0 unspecified atom stereocenters. The van der Waals surface area contributed by atoms with Gasteiger partial charge in [0, 0.05) is 5.57 Å². The van der Waals surface area contributed by atoms with Crippen molar-refractivity contribution in [3.63, 3.8) is 0 Å². The summed E-state index contributed by atoms with van der Waals surface area (Å²) in [7, 11) is 0. The van der Waals surface area contributed by atoms with Gasteiger partial charge < -0.3 is 4.74 Å². The van der Waals surface area contributed by atoms with Gasteiger partial charge in [-0.2, -0.15) is 0 Å². The van der Waals surface area contributed by atoms with Gasteiger partial charge in [0.25, 0.3) is 0 Å². The van der Waals surface area contributed by atoms with E-state index in [2.05, 4.69) is 6.58 Å². The number of hydrogen-bond donors (Lipinski definition) is 0. The molecule has 0 radical (unpaired) electrons. The lowest BCUT2D eigenvalue weighted by Gasteiger charge is -2.01. The number of benzene rings is 1. The van der Waals surface area contributed by atoms with Crippen molar-refractivity contribution >= 4 is 12.0 Å². The summed E-state index contributed by atoms with van der Waals surface area (Å²) < 4.78 is 4.90. The van der Waals surface area contributed by atoms with Gasteiger partial charge in [-0.25, -0.2) is 4.79 Å². The zero-order valence-electron chi connectivity index (χ0n) is 8.77. The zero-order chi connectivity index (χ0) is 11.1. The highest BCUT2D eigenvalue weighted by atomic mass is 16.5. The smallest absolute Gasteiger partial charge is 0.334 e. The molecular formula is C13H14O2. The summed E-state index contributed by atoms with van der Waals surface area (Å²) in [5.74, 6) is -0.307. The fourth-order valence-corrected chi connectivity index (χ4v) is 1.11. The van der Waals surface area contributed by atoms with E-state index in [0.29, 0.717) is 5.57 Å². The van der Waals surface area contributed by atoms with E-state index in [-0.39, 0.29) is 12.6 Å². The van der Waals surface area contributed by atoms with Crippen molar-refractivity contribution in [3.8, 4) is 0 Å². The summed E-state index contributed by atoms with van der Waals surface area (Å²) in [6, 6.07) is 9.65. The first kappa shape index (κ1) is 11.2. The Bertz CT molecular complexity index is 363. The highest BCUT2D eigenvalue weighted by Gasteiger charge is 2.03. The quantitative estimate of drug-likeness (QED) is 0.426. The average molecular weight is 202 g/mol. The SMILES string of the molecule is C=CCOC(=O)/C(C)=C\c1ccccc1. The monoisotopic (exact) mass is 202 g/mol. The van der Waals surface area contributed by atoms with Gasteiger partial charge in [0.2, 0.25) is 0 Å². The number of carbonyl (C=O) groups excluding carboxylic acids is 1. The molecule has 2 heteroatoms. The molecule has 0 bridgehead atoms. The van der Waals surface area contributed by atoms with Crippen LogP contribution in [-0.2, 0) is 9.53 Å². The van der Waals surface area contributed by atoms with E-state index >= 15 is 0 Å². The maximum atomic E-state index is 11.4. The molecule has 1 aromatic carbocycles. The number of rotatable bonds is 4. The molecule has 0 aliphatic heterocycles. The highest BCUT2D eigenvalue weighted by molar-refractivity contribution is 5.93. The molecule has 0 aromatic heterocycles. The molecule has 15 heavy (non-hydrogen) atoms. The molecule has 0 aliphatic carbocycles. The summed E-state index contributed by atoms with van der Waals surface area (Å²) in [6.07, 6.45) is 3.35. The van der Waals surface area contributed by atoms with E-state index in [9.17, 15) is 4.79 Å². The molecule has 0 heterocycles. The largest absolute Gasteiger partial charge is 0.458 e. The average Bonchev–Trinajstić information content (AvgIpc) is 2.27. The predicted octanol–water partition coefficient (Wildman–Crippen LogP) is 2.82. The lowest BCUT2D eigenvalue weighted by atomic mass is 10.1. The Morgan fingerprint density at radius 2 is 2.07 bits per heavy atom. The van der Waals surface area contributed by atoms with E-state index in [0.717, 1.165) is 5.56 Å². The third kappa shape index (κ3) is 3.81. The van der Waals surface area contributed by atoms with Crippen LogP contribution in [-0.4, -0.2) is 12.6 Å². The standard InChI is InChI=1S/C13H14O2/c1-3-9-15-13(14)11(2)10-12-7-5-4-6-8-12/h3-8,10H,1,9H2,2H3/b11-10-. The molecule has 0 N–H and O–H groups in total. The van der Waals surface area contributed by atoms with Gasteiger partial charge in [-0.3, -0.25) is 0 Å². The number of hydrogen-bond acceptors (Lipinski definition) is 2. The van der Waals surface area contributed by atoms with Crippen LogP contribution in [0.3, 0.4) is 0 Å². The minimum Gasteiger partial charge on any atom is -0.458 e. The lowest BCUT2D eigenvalue weighted by molar-refractivity contribution is -0.137. The molecule has 1 rings (SSSR count). The maximum Gasteiger partial charge on any atom is 0.334 e. The number of carbonyl (C=O) groups is 1. The van der Waals surface area contributed by atoms with Gasteiger partial charge in [0.15, 0.2) is 0 Å². The van der Waals surface area contributed by atoms with Crippen molar-refractivity contribution in [2.45, 2.75) is 6.92 Å². The minimum atomic E-state index is -0.307. The van der Waals surface area contributed by atoms with Gasteiger partial charge in [-0.1, -0.05) is 43.0 Å². The minimum absolute atomic E-state index is 0.249. The van der Waals surface area contributed by atoms with Crippen molar-refractivity contribution in [1.29, 1.82) is 0 Å². The number of esters is 1. The predicted molar refractivity (Wildman–Crippen MR) is 61.2 cm³/mol. The van der Waals surface area contributed by atoms with E-state index in [1.54, 1.807) is 19.1 Å². The Kier molecular flexibility index (Phi) is 4.35. The van der Waals surface area contributed by atoms with Gasteiger partial charge in [-0.05, 0) is 18.6 Å². The Morgan fingerprint density at radius 3 is 2.67 bits per heavy atom. The van der Waals surface area contributed by atoms with Crippen LogP contribution < -0.4 is 0 Å². The van der Waals surface area contributed by atoms with Crippen LogP contribution in [0.25, 0.3) is 6.08 Å². The molecule has 0 aliphatic rings. The Hall–Kier alpha value is -1.83. The van der Waals surface area contributed by atoms with E-state index in [4.69, 9.17) is 4.74 Å². The topological polar surface area (TPSA) is 26.3 Å². The molecule has 0 spiro atoms. The third-order valence-corrected chi connectivity index (χ3v) is 1.84. The van der Waals surface area contributed by atoms with Crippen LogP contribution in [0, 0.1) is 0 Å². The van der Waals surface area contributed by atoms with Gasteiger partial charge in [0.1, 0.15) is 6.61 Å². The van der Waals surface area contributed by atoms with Crippen LogP contribution >= 0.6 is 0 Å². The summed E-state index contributed by atoms with van der Waals surface area (Å²) in [5.41, 5.74) is 1.58. The molecule has 0 amide bonds. The molecule has 2 nitrogen and oxygen atoms in total. The van der Waals surface area contributed by atoms with Crippen molar-refractivity contribution < 1.29 is 9.53 Å². The van der Waals surface area contributed by atoms with E-state index in [1.807, 2.05) is 30.3 Å². The second-order valence-electron chi connectivity index (χ2n) is 3.13. The Balaban J connectivity index is 2.67. The maximum absolute atomic E-state index is 11.4. The lowest BCUT2D eigenvalue weighted by Crippen LogP contribution is -2.05. The van der Waals surface area contributed by atoms with Crippen molar-refractivity contribution in [1.82, 2.24) is 0 Å². The summed E-state index contributed by atoms with van der Waals surface area (Å²) in [4.78, 5) is 11.4. The fourth-order valence-electron chi connectivity index (χ4n) is 1.11. The Labute approximate surface area is 89.9 Å². The van der Waals surface area contributed by atoms with Crippen molar-refractivity contribution in [2.75, 3.05) is 6.61 Å². The first-order valence-corrected chi connectivity index (χ1v) is 4.75. The first-order chi connectivity index (χ1) is 7.24. The molecule has 0 fully saturated rings. The van der Waals surface area contributed by atoms with Crippen LogP contribution in [0.2, 0.25) is 0 Å². The molecule has 0 saturated heterocycles. The van der Waals surface area contributed by atoms with Crippen LogP contribution in [0.4, 0.5) is 0 Å². The molecule has 0 saturated carbocycles. The normalized spacial score (nSPS) is 10.9. The van der Waals surface area contributed by atoms with Crippen LogP contribution in [0.1, 0.15) is 12.5 Å². The van der Waals surface area contributed by atoms with Crippen LogP contribution in [0.15, 0.2) is 48.6 Å². The van der Waals surface area contributed by atoms with Gasteiger partial charge in [0.05, 0.1) is 0 Å². The second kappa shape index (κ2) is 5.81. The van der Waals surface area contributed by atoms with Crippen molar-refractivity contribution in [3.05, 3.63) is 54.1 Å². The van der Waals surface area contributed by atoms with E-state index < -0.39 is 0 Å². The van der Waals surface area contributed by atoms with Crippen LogP contribution in [0.5, 0.6) is 0 Å². The Morgan fingerprint density at radius 1 is 1.40 bits per heavy atom. The molecule has 1 aromatic rings. The molecular weight excluding hydrogens is 188 g/mol. The summed E-state index contributed by atoms with van der Waals surface area (Å²) >= 11 is 0. The molecule has 0 atom stereocenters. The van der Waals surface area contributed by atoms with Gasteiger partial charge in [-0.15, -0.1) is 0 Å². The fraction of sp³-hybridized carbons (Fsp3) is 0.154. The number of ether oxygens (including phenoxy) is 1. The zero-order valence-corrected chi connectivity index (χ0v) is 8.77. The van der Waals surface area contributed by atoms with E-state index in [1.165, 1.54) is 0 Å². The third-order valence-electron chi connectivity index (χ3n) is 1.84. The summed E-state index contributed by atoms with van der Waals surface area (Å²) in [6.45, 7) is 5.46. The molecule has 78 valence electrons. The first-order valence-electron chi connectivity index (χ1n) is 4.75. The summed E-state index contributed by atoms with van der Waals surface area (Å²) in [5, 5.41) is 0. The van der Waals surface area contributed by atoms with Gasteiger partial charge >= 0.3 is 5.97 Å². The second-order valence-corrected chi connectivity index (χ2v) is 3.13. The van der Waals surface area contributed by atoms with Crippen molar-refractivity contribution in [2.24, 2.45) is 0 Å².